The maximum atomic E-state index is 12.4. The van der Waals surface area contributed by atoms with Gasteiger partial charge in [-0.3, -0.25) is 9.59 Å². The third-order valence-corrected chi connectivity index (χ3v) is 12.2. The molecule has 2 aromatic rings. The number of carbonyl (C=O) groups is 4. The molecule has 0 unspecified atom stereocenters. The number of fused-ring (bicyclic) bond motifs is 3. The Hall–Kier alpha value is -4.56. The second-order valence-electron chi connectivity index (χ2n) is 18.6. The van der Waals surface area contributed by atoms with Crippen LogP contribution in [0.1, 0.15) is 49.1 Å². The number of benzene rings is 2. The van der Waals surface area contributed by atoms with Crippen molar-refractivity contribution in [2.75, 3.05) is 238 Å². The van der Waals surface area contributed by atoms with E-state index in [9.17, 15) is 24.3 Å². The highest BCUT2D eigenvalue weighted by molar-refractivity contribution is 5.83. The van der Waals surface area contributed by atoms with Crippen LogP contribution in [0.3, 0.4) is 0 Å². The van der Waals surface area contributed by atoms with Gasteiger partial charge in [-0.2, -0.15) is 0 Å². The highest BCUT2D eigenvalue weighted by Crippen LogP contribution is 2.44. The van der Waals surface area contributed by atoms with E-state index >= 15 is 0 Å². The maximum Gasteiger partial charge on any atom is 0.407 e. The zero-order chi connectivity index (χ0) is 60.6. The number of hydrogen-bond acceptors (Lipinski definition) is 22. The number of ether oxygens (including phenoxy) is 17. The van der Waals surface area contributed by atoms with Crippen molar-refractivity contribution in [3.05, 3.63) is 59.7 Å². The van der Waals surface area contributed by atoms with Crippen molar-refractivity contribution in [2.45, 2.75) is 44.1 Å². The fraction of sp³-hybridized carbons (Fsp3) is 0.729. The summed E-state index contributed by atoms with van der Waals surface area (Å²) in [6.45, 7) is 14.8. The number of nitrogens with two attached hydrogens (primary N) is 1. The Bertz CT molecular complexity index is 1900. The Morgan fingerprint density at radius 2 is 0.729 bits per heavy atom. The summed E-state index contributed by atoms with van der Waals surface area (Å²) in [6, 6.07) is 15.3. The molecule has 486 valence electrons. The molecule has 0 radical (unpaired) electrons. The van der Waals surface area contributed by atoms with Crippen LogP contribution in [-0.2, 0) is 94.9 Å². The van der Waals surface area contributed by atoms with Crippen LogP contribution in [0, 0.1) is 0 Å². The number of carboxylic acid groups (broad SMARTS) is 1. The Morgan fingerprint density at radius 1 is 0.400 bits per heavy atom. The Morgan fingerprint density at radius 3 is 1.09 bits per heavy atom. The summed E-state index contributed by atoms with van der Waals surface area (Å²) >= 11 is 0. The van der Waals surface area contributed by atoms with Crippen molar-refractivity contribution >= 4 is 23.9 Å². The Balaban J connectivity index is 0.946. The van der Waals surface area contributed by atoms with Crippen molar-refractivity contribution < 1.29 is 105 Å². The van der Waals surface area contributed by atoms with Gasteiger partial charge in [-0.05, 0) is 41.5 Å². The number of carbonyl (C=O) groups excluding carboxylic acids is 3. The van der Waals surface area contributed by atoms with Crippen LogP contribution in [-0.4, -0.2) is 273 Å². The van der Waals surface area contributed by atoms with Crippen LogP contribution in [0.4, 0.5) is 4.79 Å². The standard InChI is InChI=1S/C59H98N4O22/c60-14-19-71-23-27-75-31-34-78-36-38-80-40-42-82-44-46-84-48-47-83-45-43-81-41-39-79-37-35-77-33-30-73-25-21-69-17-12-56(64)61-15-6-5-11-55(58(66)67)63-57(65)13-18-70-22-26-74-29-32-76-28-24-72-20-16-62-59(68)85-49-54-52-9-3-1-7-50(52)51-8-2-4-10-53(51)54/h1-4,7-10,54-55H,5-6,11-49,60H2,(H,61,64)(H,62,68)(H,63,65)(H,66,67)/t55-/m0/s1. The molecular weight excluding hydrogens is 1120 g/mol. The van der Waals surface area contributed by atoms with Gasteiger partial charge < -0.3 is 107 Å². The average molecular weight is 1220 g/mol. The third-order valence-electron chi connectivity index (χ3n) is 12.2. The molecule has 1 atom stereocenters. The molecule has 6 N–H and O–H groups in total. The number of unbranched alkanes of at least 4 members (excludes halogenated alkanes) is 1. The van der Waals surface area contributed by atoms with E-state index < -0.39 is 24.0 Å². The second kappa shape index (κ2) is 54.8. The normalized spacial score (nSPS) is 12.3. The van der Waals surface area contributed by atoms with Gasteiger partial charge in [0.15, 0.2) is 0 Å². The molecule has 3 rings (SSSR count). The summed E-state index contributed by atoms with van der Waals surface area (Å²) in [6.07, 6.45) is 0.946. The smallest absolute Gasteiger partial charge is 0.407 e. The number of rotatable bonds is 62. The van der Waals surface area contributed by atoms with Crippen LogP contribution in [0.15, 0.2) is 48.5 Å². The van der Waals surface area contributed by atoms with Crippen molar-refractivity contribution in [3.8, 4) is 11.1 Å². The average Bonchev–Trinajstić information content (AvgIpc) is 2.22. The summed E-state index contributed by atoms with van der Waals surface area (Å²) in [5, 5.41) is 17.6. The van der Waals surface area contributed by atoms with Crippen LogP contribution in [0.2, 0.25) is 0 Å². The van der Waals surface area contributed by atoms with E-state index in [4.69, 9.17) is 86.3 Å². The lowest BCUT2D eigenvalue weighted by molar-refractivity contribution is -0.142. The minimum absolute atomic E-state index is 0.000174. The van der Waals surface area contributed by atoms with Crippen LogP contribution in [0.5, 0.6) is 0 Å². The molecule has 0 saturated heterocycles. The van der Waals surface area contributed by atoms with Crippen LogP contribution in [0.25, 0.3) is 11.1 Å². The summed E-state index contributed by atoms with van der Waals surface area (Å²) in [5.41, 5.74) is 10.0. The fourth-order valence-electron chi connectivity index (χ4n) is 7.88. The highest BCUT2D eigenvalue weighted by Gasteiger charge is 2.29. The monoisotopic (exact) mass is 1210 g/mol. The summed E-state index contributed by atoms with van der Waals surface area (Å²) < 4.78 is 93.0. The molecule has 0 aromatic heterocycles. The Kier molecular flexibility index (Phi) is 48.2. The zero-order valence-corrected chi connectivity index (χ0v) is 49.9. The number of alkyl carbamates (subject to hydrolysis) is 1. The van der Waals surface area contributed by atoms with Gasteiger partial charge in [0.2, 0.25) is 11.8 Å². The minimum Gasteiger partial charge on any atom is -0.480 e. The molecule has 1 aliphatic rings. The SMILES string of the molecule is NCCOCCOCCOCCOCCOCCOCCOCCOCCOCCOCCOCCOCCC(=O)NCCCC[C@H](NC(=O)CCOCCOCCOCCOCCNC(=O)OCC1c2ccccc2-c2ccccc21)C(=O)O. The van der Waals surface area contributed by atoms with E-state index in [-0.39, 0.29) is 57.5 Å². The van der Waals surface area contributed by atoms with Crippen LogP contribution >= 0.6 is 0 Å². The van der Waals surface area contributed by atoms with Gasteiger partial charge in [0.25, 0.3) is 0 Å². The predicted octanol–water partition coefficient (Wildman–Crippen LogP) is 2.39. The van der Waals surface area contributed by atoms with E-state index in [2.05, 4.69) is 40.2 Å². The lowest BCUT2D eigenvalue weighted by Gasteiger charge is -2.15. The minimum atomic E-state index is -1.13. The molecule has 0 saturated carbocycles. The van der Waals surface area contributed by atoms with Crippen molar-refractivity contribution in [2.24, 2.45) is 5.73 Å². The zero-order valence-electron chi connectivity index (χ0n) is 49.9. The van der Waals surface area contributed by atoms with E-state index in [0.717, 1.165) is 11.1 Å². The second-order valence-corrected chi connectivity index (χ2v) is 18.6. The molecule has 26 heteroatoms. The first kappa shape index (κ1) is 74.7. The topological polar surface area (TPSA) is 308 Å². The first-order chi connectivity index (χ1) is 41.9. The quantitative estimate of drug-likeness (QED) is 0.0594. The van der Waals surface area contributed by atoms with Gasteiger partial charge in [0.1, 0.15) is 12.6 Å². The molecule has 2 aromatic carbocycles. The van der Waals surface area contributed by atoms with E-state index in [1.165, 1.54) is 11.1 Å². The van der Waals surface area contributed by atoms with Gasteiger partial charge in [-0.15, -0.1) is 0 Å². The number of amides is 3. The number of nitrogens with one attached hydrogen (secondary N) is 3. The van der Waals surface area contributed by atoms with E-state index in [0.29, 0.717) is 224 Å². The number of aliphatic carboxylic acids is 1. The van der Waals surface area contributed by atoms with Crippen LogP contribution < -0.4 is 21.7 Å². The Labute approximate surface area is 501 Å². The summed E-state index contributed by atoms with van der Waals surface area (Å²) in [7, 11) is 0. The molecule has 0 aliphatic heterocycles. The van der Waals surface area contributed by atoms with Gasteiger partial charge in [0, 0.05) is 38.4 Å². The number of carboxylic acids is 1. The molecule has 1 aliphatic carbocycles. The lowest BCUT2D eigenvalue weighted by atomic mass is 9.98. The predicted molar refractivity (Wildman–Crippen MR) is 311 cm³/mol. The molecule has 85 heavy (non-hydrogen) atoms. The molecule has 3 amide bonds. The van der Waals surface area contributed by atoms with E-state index in [1.807, 2.05) is 24.3 Å². The highest BCUT2D eigenvalue weighted by atomic mass is 16.6. The molecule has 0 heterocycles. The summed E-state index contributed by atoms with van der Waals surface area (Å²) in [4.78, 5) is 48.6. The molecule has 0 bridgehead atoms. The van der Waals surface area contributed by atoms with Gasteiger partial charge >= 0.3 is 12.1 Å². The fourth-order valence-corrected chi connectivity index (χ4v) is 7.88. The molecule has 0 spiro atoms. The van der Waals surface area contributed by atoms with Gasteiger partial charge in [0.05, 0.1) is 211 Å². The molecule has 26 nitrogen and oxygen atoms in total. The van der Waals surface area contributed by atoms with Gasteiger partial charge in [-0.1, -0.05) is 48.5 Å². The lowest BCUT2D eigenvalue weighted by Crippen LogP contribution is -2.41. The van der Waals surface area contributed by atoms with E-state index in [1.54, 1.807) is 0 Å². The largest absolute Gasteiger partial charge is 0.480 e. The van der Waals surface area contributed by atoms with Crippen molar-refractivity contribution in [1.82, 2.24) is 16.0 Å². The molecule has 0 fully saturated rings. The first-order valence-electron chi connectivity index (χ1n) is 29.7. The first-order valence-corrected chi connectivity index (χ1v) is 29.7. The third kappa shape index (κ3) is 41.3. The number of hydrogen-bond donors (Lipinski definition) is 5. The van der Waals surface area contributed by atoms with Crippen molar-refractivity contribution in [3.63, 3.8) is 0 Å². The maximum absolute atomic E-state index is 12.4. The van der Waals surface area contributed by atoms with Crippen molar-refractivity contribution in [1.29, 1.82) is 0 Å². The van der Waals surface area contributed by atoms with Gasteiger partial charge in [-0.25, -0.2) is 9.59 Å². The summed E-state index contributed by atoms with van der Waals surface area (Å²) in [5.74, 6) is -1.74. The molecular formula is C59H98N4O22.